The van der Waals surface area contributed by atoms with Crippen molar-refractivity contribution in [3.63, 3.8) is 0 Å². The summed E-state index contributed by atoms with van der Waals surface area (Å²) in [5.74, 6) is -0.0713. The maximum absolute atomic E-state index is 12.8. The summed E-state index contributed by atoms with van der Waals surface area (Å²) in [5.41, 5.74) is 1.70. The Hall–Kier alpha value is -2.27. The first kappa shape index (κ1) is 14.3. The average Bonchev–Trinajstić information content (AvgIpc) is 2.97. The number of benzene rings is 1. The fourth-order valence-electron chi connectivity index (χ4n) is 3.16. The Balaban J connectivity index is 1.75. The van der Waals surface area contributed by atoms with E-state index in [9.17, 15) is 9.59 Å². The summed E-state index contributed by atoms with van der Waals surface area (Å²) in [6.07, 6.45) is 5.80. The highest BCUT2D eigenvalue weighted by atomic mass is 32.1. The van der Waals surface area contributed by atoms with Crippen LogP contribution in [0.4, 0.5) is 0 Å². The second-order valence-electron chi connectivity index (χ2n) is 5.86. The first-order chi connectivity index (χ1) is 11.2. The third-order valence-corrected chi connectivity index (χ3v) is 5.55. The predicted molar refractivity (Wildman–Crippen MR) is 91.3 cm³/mol. The largest absolute Gasteiger partial charge is 0.292 e. The van der Waals surface area contributed by atoms with Crippen LogP contribution in [0.1, 0.15) is 33.6 Å². The Morgan fingerprint density at radius 1 is 1.17 bits per heavy atom. The van der Waals surface area contributed by atoms with Gasteiger partial charge in [0, 0.05) is 10.4 Å². The molecule has 2 aromatic heterocycles. The lowest BCUT2D eigenvalue weighted by atomic mass is 9.97. The summed E-state index contributed by atoms with van der Waals surface area (Å²) in [5, 5.41) is 0.730. The molecule has 0 saturated carbocycles. The van der Waals surface area contributed by atoms with Crippen molar-refractivity contribution in [2.24, 2.45) is 0 Å². The van der Waals surface area contributed by atoms with Gasteiger partial charge in [0.1, 0.15) is 4.83 Å². The monoisotopic (exact) mass is 324 g/mol. The van der Waals surface area contributed by atoms with Crippen LogP contribution in [0.25, 0.3) is 10.2 Å². The van der Waals surface area contributed by atoms with Crippen molar-refractivity contribution in [3.8, 4) is 0 Å². The Bertz CT molecular complexity index is 941. The number of thiophene rings is 1. The van der Waals surface area contributed by atoms with Crippen LogP contribution in [-0.4, -0.2) is 15.3 Å². The Labute approximate surface area is 137 Å². The standard InChI is InChI=1S/C18H16N2O2S/c21-14(12-6-2-1-3-7-12)10-20-11-19-17-16(18(20)22)13-8-4-5-9-15(13)23-17/h1-3,6-7,11H,4-5,8-10H2. The van der Waals surface area contributed by atoms with Gasteiger partial charge in [-0.2, -0.15) is 0 Å². The van der Waals surface area contributed by atoms with Gasteiger partial charge in [-0.05, 0) is 31.2 Å². The third kappa shape index (κ3) is 2.51. The Morgan fingerprint density at radius 2 is 1.96 bits per heavy atom. The molecular formula is C18H16N2O2S. The number of ketones is 1. The van der Waals surface area contributed by atoms with Gasteiger partial charge in [-0.25, -0.2) is 4.98 Å². The van der Waals surface area contributed by atoms with Crippen molar-refractivity contribution in [2.75, 3.05) is 0 Å². The predicted octanol–water partition coefficient (Wildman–Crippen LogP) is 3.22. The van der Waals surface area contributed by atoms with E-state index in [-0.39, 0.29) is 17.9 Å². The van der Waals surface area contributed by atoms with Crippen molar-refractivity contribution in [3.05, 3.63) is 63.0 Å². The SMILES string of the molecule is O=C(Cn1cnc2sc3c(c2c1=O)CCCC3)c1ccccc1. The minimum absolute atomic E-state index is 0.0381. The van der Waals surface area contributed by atoms with Crippen LogP contribution < -0.4 is 5.56 Å². The fraction of sp³-hybridized carbons (Fsp3) is 0.278. The second-order valence-corrected chi connectivity index (χ2v) is 6.94. The lowest BCUT2D eigenvalue weighted by molar-refractivity contribution is 0.0970. The molecule has 116 valence electrons. The molecule has 1 aliphatic carbocycles. The minimum atomic E-state index is -0.0846. The maximum Gasteiger partial charge on any atom is 0.262 e. The van der Waals surface area contributed by atoms with E-state index in [2.05, 4.69) is 4.98 Å². The lowest BCUT2D eigenvalue weighted by Crippen LogP contribution is -2.25. The van der Waals surface area contributed by atoms with Crippen molar-refractivity contribution in [1.82, 2.24) is 9.55 Å². The van der Waals surface area contributed by atoms with Crippen LogP contribution in [0.15, 0.2) is 41.5 Å². The van der Waals surface area contributed by atoms with Crippen molar-refractivity contribution >= 4 is 27.3 Å². The van der Waals surface area contributed by atoms with E-state index >= 15 is 0 Å². The molecule has 4 rings (SSSR count). The topological polar surface area (TPSA) is 52.0 Å². The summed E-state index contributed by atoms with van der Waals surface area (Å²) >= 11 is 1.63. The van der Waals surface area contributed by atoms with E-state index in [0.29, 0.717) is 5.56 Å². The van der Waals surface area contributed by atoms with Crippen LogP contribution in [0, 0.1) is 0 Å². The van der Waals surface area contributed by atoms with Crippen molar-refractivity contribution < 1.29 is 4.79 Å². The quantitative estimate of drug-likeness (QED) is 0.695. The highest BCUT2D eigenvalue weighted by Crippen LogP contribution is 2.33. The molecule has 4 nitrogen and oxygen atoms in total. The number of rotatable bonds is 3. The molecule has 0 atom stereocenters. The van der Waals surface area contributed by atoms with Gasteiger partial charge < -0.3 is 0 Å². The van der Waals surface area contributed by atoms with E-state index in [1.807, 2.05) is 18.2 Å². The number of carbonyl (C=O) groups excluding carboxylic acids is 1. The molecule has 1 aliphatic rings. The summed E-state index contributed by atoms with van der Waals surface area (Å²) < 4.78 is 1.44. The fourth-order valence-corrected chi connectivity index (χ4v) is 4.38. The van der Waals surface area contributed by atoms with E-state index in [1.165, 1.54) is 22.2 Å². The molecule has 0 saturated heterocycles. The number of aromatic nitrogens is 2. The van der Waals surface area contributed by atoms with E-state index < -0.39 is 0 Å². The van der Waals surface area contributed by atoms with Crippen LogP contribution in [-0.2, 0) is 19.4 Å². The number of Topliss-reactive ketones (excluding diaryl/α,β-unsaturated/α-hetero) is 1. The van der Waals surface area contributed by atoms with Gasteiger partial charge in [-0.1, -0.05) is 30.3 Å². The van der Waals surface area contributed by atoms with Gasteiger partial charge in [-0.15, -0.1) is 11.3 Å². The minimum Gasteiger partial charge on any atom is -0.292 e. The zero-order valence-corrected chi connectivity index (χ0v) is 13.4. The molecular weight excluding hydrogens is 308 g/mol. The number of hydrogen-bond donors (Lipinski definition) is 0. The van der Waals surface area contributed by atoms with Gasteiger partial charge in [-0.3, -0.25) is 14.2 Å². The van der Waals surface area contributed by atoms with E-state index in [4.69, 9.17) is 0 Å². The molecule has 3 aromatic rings. The number of carbonyl (C=O) groups is 1. The van der Waals surface area contributed by atoms with Crippen LogP contribution in [0.3, 0.4) is 0 Å². The molecule has 2 heterocycles. The van der Waals surface area contributed by atoms with Gasteiger partial charge in [0.25, 0.3) is 5.56 Å². The molecule has 0 N–H and O–H groups in total. The number of aryl methyl sites for hydroxylation is 2. The first-order valence-electron chi connectivity index (χ1n) is 7.82. The molecule has 0 fully saturated rings. The molecule has 5 heteroatoms. The molecule has 23 heavy (non-hydrogen) atoms. The van der Waals surface area contributed by atoms with E-state index in [0.717, 1.165) is 35.0 Å². The van der Waals surface area contributed by atoms with Gasteiger partial charge >= 0.3 is 0 Å². The lowest BCUT2D eigenvalue weighted by Gasteiger charge is -2.10. The second kappa shape index (κ2) is 5.74. The molecule has 0 bridgehead atoms. The first-order valence-corrected chi connectivity index (χ1v) is 8.63. The molecule has 0 unspecified atom stereocenters. The number of hydrogen-bond acceptors (Lipinski definition) is 4. The van der Waals surface area contributed by atoms with Gasteiger partial charge in [0.05, 0.1) is 18.3 Å². The molecule has 0 aliphatic heterocycles. The molecule has 0 radical (unpaired) electrons. The number of nitrogens with zero attached hydrogens (tertiary/aromatic N) is 2. The average molecular weight is 324 g/mol. The summed E-state index contributed by atoms with van der Waals surface area (Å²) in [6.45, 7) is 0.0381. The highest BCUT2D eigenvalue weighted by Gasteiger charge is 2.20. The summed E-state index contributed by atoms with van der Waals surface area (Å²) in [6, 6.07) is 9.06. The van der Waals surface area contributed by atoms with Gasteiger partial charge in [0.15, 0.2) is 5.78 Å². The maximum atomic E-state index is 12.8. The zero-order chi connectivity index (χ0) is 15.8. The van der Waals surface area contributed by atoms with Crippen LogP contribution in [0.2, 0.25) is 0 Å². The Morgan fingerprint density at radius 3 is 2.78 bits per heavy atom. The number of fused-ring (bicyclic) bond motifs is 3. The molecule has 0 spiro atoms. The van der Waals surface area contributed by atoms with Gasteiger partial charge in [0.2, 0.25) is 0 Å². The Kier molecular flexibility index (Phi) is 3.58. The molecule has 1 aromatic carbocycles. The summed E-state index contributed by atoms with van der Waals surface area (Å²) in [7, 11) is 0. The summed E-state index contributed by atoms with van der Waals surface area (Å²) in [4.78, 5) is 31.7. The smallest absolute Gasteiger partial charge is 0.262 e. The van der Waals surface area contributed by atoms with Crippen LogP contribution in [0.5, 0.6) is 0 Å². The van der Waals surface area contributed by atoms with Crippen molar-refractivity contribution in [1.29, 1.82) is 0 Å². The molecule has 0 amide bonds. The van der Waals surface area contributed by atoms with Crippen molar-refractivity contribution in [2.45, 2.75) is 32.2 Å². The highest BCUT2D eigenvalue weighted by molar-refractivity contribution is 7.18. The third-order valence-electron chi connectivity index (χ3n) is 4.35. The zero-order valence-electron chi connectivity index (χ0n) is 12.6. The normalized spacial score (nSPS) is 13.9. The van der Waals surface area contributed by atoms with E-state index in [1.54, 1.807) is 23.5 Å². The van der Waals surface area contributed by atoms with Crippen LogP contribution >= 0.6 is 11.3 Å².